The summed E-state index contributed by atoms with van der Waals surface area (Å²) in [5.74, 6) is 0.528. The summed E-state index contributed by atoms with van der Waals surface area (Å²) in [6, 6.07) is 29.0. The van der Waals surface area contributed by atoms with Gasteiger partial charge in [-0.3, -0.25) is 4.79 Å². The van der Waals surface area contributed by atoms with Crippen LogP contribution in [0.1, 0.15) is 17.2 Å². The molecule has 3 aromatic carbocycles. The number of ether oxygens (including phenoxy) is 1. The quantitative estimate of drug-likeness (QED) is 0.747. The first kappa shape index (κ1) is 15.8. The van der Waals surface area contributed by atoms with Gasteiger partial charge < -0.3 is 10.1 Å². The molecule has 3 aromatic rings. The molecule has 0 spiro atoms. The fourth-order valence-electron chi connectivity index (χ4n) is 2.52. The second-order valence-electron chi connectivity index (χ2n) is 5.42. The van der Waals surface area contributed by atoms with Crippen LogP contribution in [-0.4, -0.2) is 12.5 Å². The molecular weight excluding hydrogens is 298 g/mol. The summed E-state index contributed by atoms with van der Waals surface area (Å²) in [6.07, 6.45) is 0. The second kappa shape index (κ2) is 7.97. The van der Waals surface area contributed by atoms with Crippen molar-refractivity contribution in [3.05, 3.63) is 102 Å². The standard InChI is InChI=1S/C21H19NO2/c23-20(16-24-19-14-8-3-9-15-19)22-21(17-10-4-1-5-11-17)18-12-6-2-7-13-18/h1-15,21H,16H2,(H,22,23). The number of hydrogen-bond donors (Lipinski definition) is 1. The van der Waals surface area contributed by atoms with Crippen molar-refractivity contribution in [3.63, 3.8) is 0 Å². The Hall–Kier alpha value is -3.07. The third-order valence-electron chi connectivity index (χ3n) is 3.68. The Bertz CT molecular complexity index is 718. The van der Waals surface area contributed by atoms with Crippen molar-refractivity contribution in [2.45, 2.75) is 6.04 Å². The molecule has 1 N–H and O–H groups in total. The van der Waals surface area contributed by atoms with Gasteiger partial charge in [0.2, 0.25) is 0 Å². The zero-order valence-corrected chi connectivity index (χ0v) is 13.3. The number of carbonyl (C=O) groups excluding carboxylic acids is 1. The third-order valence-corrected chi connectivity index (χ3v) is 3.68. The topological polar surface area (TPSA) is 38.3 Å². The van der Waals surface area contributed by atoms with E-state index in [0.717, 1.165) is 11.1 Å². The minimum absolute atomic E-state index is 0.0137. The minimum Gasteiger partial charge on any atom is -0.484 e. The molecule has 0 radical (unpaired) electrons. The van der Waals surface area contributed by atoms with Gasteiger partial charge in [0.1, 0.15) is 5.75 Å². The fraction of sp³-hybridized carbons (Fsp3) is 0.0952. The summed E-state index contributed by atoms with van der Waals surface area (Å²) in [7, 11) is 0. The van der Waals surface area contributed by atoms with E-state index in [-0.39, 0.29) is 18.6 Å². The maximum Gasteiger partial charge on any atom is 0.258 e. The third kappa shape index (κ3) is 4.23. The lowest BCUT2D eigenvalue weighted by Crippen LogP contribution is -2.33. The number of carbonyl (C=O) groups is 1. The van der Waals surface area contributed by atoms with Gasteiger partial charge >= 0.3 is 0 Å². The van der Waals surface area contributed by atoms with Crippen LogP contribution in [-0.2, 0) is 4.79 Å². The van der Waals surface area contributed by atoms with E-state index < -0.39 is 0 Å². The molecular formula is C21H19NO2. The van der Waals surface area contributed by atoms with Crippen LogP contribution in [0, 0.1) is 0 Å². The number of rotatable bonds is 6. The summed E-state index contributed by atoms with van der Waals surface area (Å²) in [5.41, 5.74) is 2.08. The lowest BCUT2D eigenvalue weighted by molar-refractivity contribution is -0.123. The molecule has 3 heteroatoms. The zero-order valence-electron chi connectivity index (χ0n) is 13.3. The van der Waals surface area contributed by atoms with Crippen LogP contribution in [0.15, 0.2) is 91.0 Å². The van der Waals surface area contributed by atoms with E-state index in [1.807, 2.05) is 91.0 Å². The number of amides is 1. The van der Waals surface area contributed by atoms with Crippen LogP contribution < -0.4 is 10.1 Å². The van der Waals surface area contributed by atoms with Gasteiger partial charge in [-0.1, -0.05) is 78.9 Å². The highest BCUT2D eigenvalue weighted by atomic mass is 16.5. The summed E-state index contributed by atoms with van der Waals surface area (Å²) >= 11 is 0. The Morgan fingerprint density at radius 1 is 0.750 bits per heavy atom. The fourth-order valence-corrected chi connectivity index (χ4v) is 2.52. The Kier molecular flexibility index (Phi) is 5.25. The number of nitrogens with one attached hydrogen (secondary N) is 1. The molecule has 0 fully saturated rings. The number of para-hydroxylation sites is 1. The molecule has 3 nitrogen and oxygen atoms in total. The zero-order chi connectivity index (χ0) is 16.6. The summed E-state index contributed by atoms with van der Waals surface area (Å²) in [5, 5.41) is 3.06. The molecule has 0 saturated heterocycles. The van der Waals surface area contributed by atoms with E-state index in [1.54, 1.807) is 0 Å². The predicted molar refractivity (Wildman–Crippen MR) is 94.8 cm³/mol. The number of hydrogen-bond acceptors (Lipinski definition) is 2. The van der Waals surface area contributed by atoms with Gasteiger partial charge in [-0.05, 0) is 23.3 Å². The minimum atomic E-state index is -0.195. The van der Waals surface area contributed by atoms with Crippen molar-refractivity contribution in [2.24, 2.45) is 0 Å². The highest BCUT2D eigenvalue weighted by Gasteiger charge is 2.16. The predicted octanol–water partition coefficient (Wildman–Crippen LogP) is 3.97. The molecule has 0 aliphatic heterocycles. The van der Waals surface area contributed by atoms with Crippen molar-refractivity contribution in [2.75, 3.05) is 6.61 Å². The Morgan fingerprint density at radius 2 is 1.21 bits per heavy atom. The summed E-state index contributed by atoms with van der Waals surface area (Å²) < 4.78 is 5.53. The van der Waals surface area contributed by atoms with Crippen molar-refractivity contribution in [3.8, 4) is 5.75 Å². The lowest BCUT2D eigenvalue weighted by atomic mass is 9.99. The molecule has 3 rings (SSSR count). The molecule has 0 unspecified atom stereocenters. The molecule has 0 aromatic heterocycles. The average molecular weight is 317 g/mol. The van der Waals surface area contributed by atoms with Crippen LogP contribution in [0.3, 0.4) is 0 Å². The Labute approximate surface area is 141 Å². The molecule has 120 valence electrons. The van der Waals surface area contributed by atoms with Crippen molar-refractivity contribution < 1.29 is 9.53 Å². The first-order valence-electron chi connectivity index (χ1n) is 7.90. The van der Waals surface area contributed by atoms with Crippen LogP contribution >= 0.6 is 0 Å². The maximum atomic E-state index is 12.3. The van der Waals surface area contributed by atoms with Crippen molar-refractivity contribution >= 4 is 5.91 Å². The number of benzene rings is 3. The smallest absolute Gasteiger partial charge is 0.258 e. The van der Waals surface area contributed by atoms with Gasteiger partial charge in [-0.2, -0.15) is 0 Å². The summed E-state index contributed by atoms with van der Waals surface area (Å²) in [6.45, 7) is -0.0137. The average Bonchev–Trinajstić information content (AvgIpc) is 2.67. The highest BCUT2D eigenvalue weighted by Crippen LogP contribution is 2.21. The van der Waals surface area contributed by atoms with Gasteiger partial charge in [0.05, 0.1) is 6.04 Å². The van der Waals surface area contributed by atoms with E-state index in [1.165, 1.54) is 0 Å². The summed E-state index contributed by atoms with van der Waals surface area (Å²) in [4.78, 5) is 12.3. The van der Waals surface area contributed by atoms with Crippen LogP contribution in [0.5, 0.6) is 5.75 Å². The Morgan fingerprint density at radius 3 is 1.71 bits per heavy atom. The normalized spacial score (nSPS) is 10.4. The van der Waals surface area contributed by atoms with Crippen molar-refractivity contribution in [1.82, 2.24) is 5.32 Å². The van der Waals surface area contributed by atoms with E-state index in [9.17, 15) is 4.79 Å². The Balaban J connectivity index is 1.71. The van der Waals surface area contributed by atoms with Crippen LogP contribution in [0.4, 0.5) is 0 Å². The van der Waals surface area contributed by atoms with Crippen LogP contribution in [0.2, 0.25) is 0 Å². The molecule has 1 amide bonds. The van der Waals surface area contributed by atoms with Crippen LogP contribution in [0.25, 0.3) is 0 Å². The van der Waals surface area contributed by atoms with E-state index in [4.69, 9.17) is 4.74 Å². The molecule has 0 bridgehead atoms. The molecule has 0 atom stereocenters. The van der Waals surface area contributed by atoms with E-state index in [2.05, 4.69) is 5.32 Å². The molecule has 0 heterocycles. The first-order valence-corrected chi connectivity index (χ1v) is 7.90. The second-order valence-corrected chi connectivity index (χ2v) is 5.42. The van der Waals surface area contributed by atoms with E-state index in [0.29, 0.717) is 5.75 Å². The van der Waals surface area contributed by atoms with E-state index >= 15 is 0 Å². The maximum absolute atomic E-state index is 12.3. The van der Waals surface area contributed by atoms with Gasteiger partial charge in [0.25, 0.3) is 5.91 Å². The van der Waals surface area contributed by atoms with Gasteiger partial charge in [-0.15, -0.1) is 0 Å². The SMILES string of the molecule is O=C(COc1ccccc1)NC(c1ccccc1)c1ccccc1. The van der Waals surface area contributed by atoms with Gasteiger partial charge in [0, 0.05) is 0 Å². The lowest BCUT2D eigenvalue weighted by Gasteiger charge is -2.20. The monoisotopic (exact) mass is 317 g/mol. The van der Waals surface area contributed by atoms with Gasteiger partial charge in [-0.25, -0.2) is 0 Å². The first-order chi connectivity index (χ1) is 11.8. The largest absolute Gasteiger partial charge is 0.484 e. The molecule has 0 aliphatic rings. The molecule has 0 saturated carbocycles. The highest BCUT2D eigenvalue weighted by molar-refractivity contribution is 5.78. The molecule has 0 aliphatic carbocycles. The molecule has 24 heavy (non-hydrogen) atoms. The van der Waals surface area contributed by atoms with Crippen molar-refractivity contribution in [1.29, 1.82) is 0 Å². The van der Waals surface area contributed by atoms with Gasteiger partial charge in [0.15, 0.2) is 6.61 Å².